The predicted molar refractivity (Wildman–Crippen MR) is 203 cm³/mol. The topological polar surface area (TPSA) is 32.0 Å². The molecule has 0 saturated carbocycles. The van der Waals surface area contributed by atoms with Crippen molar-refractivity contribution in [2.75, 3.05) is 4.90 Å². The summed E-state index contributed by atoms with van der Waals surface area (Å²) in [5.74, 6) is 0. The standard InChI is InChI=1S/C46H33N3/c1-46(2)42-12-6-3-9-38(42)39-28-27-37(29-43(39)46)48(34-21-19-33(20-22-34)32-17-15-31(30-47)16-18-32)35-23-25-36(26-24-35)49-44-13-7-4-10-40(44)41-11-5-8-14-45(41)49/h3-29H,1-2H3. The molecule has 7 aromatic carbocycles. The maximum absolute atomic E-state index is 9.26. The van der Waals surface area contributed by atoms with Gasteiger partial charge in [-0.15, -0.1) is 0 Å². The predicted octanol–water partition coefficient (Wildman–Crippen LogP) is 12.1. The minimum absolute atomic E-state index is 0.104. The summed E-state index contributed by atoms with van der Waals surface area (Å²) in [6, 6.07) is 60.7. The summed E-state index contributed by atoms with van der Waals surface area (Å²) in [6.07, 6.45) is 0. The lowest BCUT2D eigenvalue weighted by Gasteiger charge is -2.28. The Kier molecular flexibility index (Phi) is 6.54. The number of nitriles is 1. The molecule has 232 valence electrons. The Labute approximate surface area is 286 Å². The zero-order valence-electron chi connectivity index (χ0n) is 27.4. The summed E-state index contributed by atoms with van der Waals surface area (Å²) in [7, 11) is 0. The van der Waals surface area contributed by atoms with Crippen LogP contribution in [0.1, 0.15) is 30.5 Å². The number of para-hydroxylation sites is 2. The molecule has 0 radical (unpaired) electrons. The zero-order valence-corrected chi connectivity index (χ0v) is 27.4. The molecule has 0 spiro atoms. The van der Waals surface area contributed by atoms with Crippen molar-refractivity contribution in [1.82, 2.24) is 4.57 Å². The number of hydrogen-bond donors (Lipinski definition) is 0. The number of benzene rings is 7. The van der Waals surface area contributed by atoms with Crippen LogP contribution in [-0.4, -0.2) is 4.57 Å². The highest BCUT2D eigenvalue weighted by Crippen LogP contribution is 2.50. The molecular formula is C46H33N3. The summed E-state index contributed by atoms with van der Waals surface area (Å²) < 4.78 is 2.36. The third-order valence-corrected chi connectivity index (χ3v) is 10.2. The van der Waals surface area contributed by atoms with Gasteiger partial charge in [0.15, 0.2) is 0 Å². The van der Waals surface area contributed by atoms with Crippen LogP contribution in [0.3, 0.4) is 0 Å². The highest BCUT2D eigenvalue weighted by molar-refractivity contribution is 6.09. The van der Waals surface area contributed by atoms with E-state index in [2.05, 4.69) is 169 Å². The number of fused-ring (bicyclic) bond motifs is 6. The lowest BCUT2D eigenvalue weighted by Crippen LogP contribution is -2.16. The second-order valence-electron chi connectivity index (χ2n) is 13.4. The smallest absolute Gasteiger partial charge is 0.0991 e. The maximum atomic E-state index is 9.26. The van der Waals surface area contributed by atoms with Gasteiger partial charge in [0.05, 0.1) is 22.7 Å². The molecule has 0 bridgehead atoms. The fourth-order valence-corrected chi connectivity index (χ4v) is 7.77. The van der Waals surface area contributed by atoms with Crippen molar-refractivity contribution in [1.29, 1.82) is 5.26 Å². The van der Waals surface area contributed by atoms with E-state index in [9.17, 15) is 5.26 Å². The Morgan fingerprint density at radius 1 is 0.510 bits per heavy atom. The minimum atomic E-state index is -0.104. The first-order valence-corrected chi connectivity index (χ1v) is 16.7. The molecule has 0 N–H and O–H groups in total. The largest absolute Gasteiger partial charge is 0.310 e. The molecule has 0 fully saturated rings. The van der Waals surface area contributed by atoms with Gasteiger partial charge in [0.2, 0.25) is 0 Å². The van der Waals surface area contributed by atoms with E-state index in [0.717, 1.165) is 33.9 Å². The molecule has 1 aromatic heterocycles. The van der Waals surface area contributed by atoms with Crippen LogP contribution >= 0.6 is 0 Å². The fraction of sp³-hybridized carbons (Fsp3) is 0.0652. The Morgan fingerprint density at radius 3 is 1.65 bits per heavy atom. The Balaban J connectivity index is 1.17. The van der Waals surface area contributed by atoms with Gasteiger partial charge in [-0.2, -0.15) is 5.26 Å². The van der Waals surface area contributed by atoms with E-state index in [1.165, 1.54) is 44.1 Å². The molecule has 1 aliphatic carbocycles. The van der Waals surface area contributed by atoms with E-state index in [0.29, 0.717) is 5.56 Å². The number of anilines is 3. The van der Waals surface area contributed by atoms with E-state index in [-0.39, 0.29) is 5.41 Å². The normalized spacial score (nSPS) is 12.8. The van der Waals surface area contributed by atoms with Crippen LogP contribution in [0.5, 0.6) is 0 Å². The Morgan fingerprint density at radius 2 is 1.02 bits per heavy atom. The average molecular weight is 628 g/mol. The molecule has 1 aliphatic rings. The van der Waals surface area contributed by atoms with E-state index in [4.69, 9.17) is 0 Å². The number of hydrogen-bond acceptors (Lipinski definition) is 2. The minimum Gasteiger partial charge on any atom is -0.310 e. The fourth-order valence-electron chi connectivity index (χ4n) is 7.77. The highest BCUT2D eigenvalue weighted by Gasteiger charge is 2.35. The summed E-state index contributed by atoms with van der Waals surface area (Å²) in [5.41, 5.74) is 14.9. The van der Waals surface area contributed by atoms with Crippen LogP contribution in [0, 0.1) is 11.3 Å². The van der Waals surface area contributed by atoms with Gasteiger partial charge in [-0.3, -0.25) is 0 Å². The average Bonchev–Trinajstić information content (AvgIpc) is 3.61. The zero-order chi connectivity index (χ0) is 33.1. The first kappa shape index (κ1) is 28.8. The van der Waals surface area contributed by atoms with Crippen molar-refractivity contribution in [2.24, 2.45) is 0 Å². The monoisotopic (exact) mass is 627 g/mol. The SMILES string of the molecule is CC1(C)c2ccccc2-c2ccc(N(c3ccc(-c4ccc(C#N)cc4)cc3)c3ccc(-n4c5ccccc5c5ccccc54)cc3)cc21. The molecule has 0 unspecified atom stereocenters. The van der Waals surface area contributed by atoms with Crippen molar-refractivity contribution in [3.63, 3.8) is 0 Å². The first-order valence-electron chi connectivity index (χ1n) is 16.7. The molecule has 0 atom stereocenters. The van der Waals surface area contributed by atoms with Gasteiger partial charge in [0, 0.05) is 38.9 Å². The molecule has 0 amide bonds. The molecule has 0 saturated heterocycles. The number of rotatable bonds is 5. The summed E-state index contributed by atoms with van der Waals surface area (Å²) in [4.78, 5) is 2.36. The molecule has 49 heavy (non-hydrogen) atoms. The van der Waals surface area contributed by atoms with Gasteiger partial charge in [-0.1, -0.05) is 105 Å². The van der Waals surface area contributed by atoms with Crippen molar-refractivity contribution in [3.8, 4) is 34.0 Å². The van der Waals surface area contributed by atoms with Gasteiger partial charge in [0.1, 0.15) is 0 Å². The third kappa shape index (κ3) is 4.57. The first-order chi connectivity index (χ1) is 24.0. The van der Waals surface area contributed by atoms with Crippen LogP contribution in [0.15, 0.2) is 164 Å². The van der Waals surface area contributed by atoms with Crippen molar-refractivity contribution >= 4 is 38.9 Å². The summed E-state index contributed by atoms with van der Waals surface area (Å²) >= 11 is 0. The Hall–Kier alpha value is -6.37. The van der Waals surface area contributed by atoms with E-state index >= 15 is 0 Å². The maximum Gasteiger partial charge on any atom is 0.0991 e. The molecule has 1 heterocycles. The lowest BCUT2D eigenvalue weighted by molar-refractivity contribution is 0.660. The highest BCUT2D eigenvalue weighted by atomic mass is 15.1. The van der Waals surface area contributed by atoms with Gasteiger partial charge >= 0.3 is 0 Å². The van der Waals surface area contributed by atoms with E-state index in [1.54, 1.807) is 0 Å². The van der Waals surface area contributed by atoms with Gasteiger partial charge in [-0.05, 0) is 106 Å². The second kappa shape index (κ2) is 11.1. The van der Waals surface area contributed by atoms with Gasteiger partial charge < -0.3 is 9.47 Å². The number of aromatic nitrogens is 1. The van der Waals surface area contributed by atoms with E-state index in [1.807, 2.05) is 24.3 Å². The van der Waals surface area contributed by atoms with Crippen molar-refractivity contribution < 1.29 is 0 Å². The van der Waals surface area contributed by atoms with Crippen LogP contribution in [0.4, 0.5) is 17.1 Å². The molecule has 9 rings (SSSR count). The van der Waals surface area contributed by atoms with Crippen LogP contribution in [-0.2, 0) is 5.41 Å². The van der Waals surface area contributed by atoms with E-state index < -0.39 is 0 Å². The summed E-state index contributed by atoms with van der Waals surface area (Å²) in [6.45, 7) is 4.66. The summed E-state index contributed by atoms with van der Waals surface area (Å²) in [5, 5.41) is 11.8. The van der Waals surface area contributed by atoms with Gasteiger partial charge in [-0.25, -0.2) is 0 Å². The van der Waals surface area contributed by atoms with Crippen LogP contribution in [0.2, 0.25) is 0 Å². The Bertz CT molecular complexity index is 2510. The van der Waals surface area contributed by atoms with Gasteiger partial charge in [0.25, 0.3) is 0 Å². The molecule has 3 nitrogen and oxygen atoms in total. The number of nitrogens with zero attached hydrogens (tertiary/aromatic N) is 3. The van der Waals surface area contributed by atoms with Crippen molar-refractivity contribution in [2.45, 2.75) is 19.3 Å². The van der Waals surface area contributed by atoms with Crippen LogP contribution in [0.25, 0.3) is 49.7 Å². The van der Waals surface area contributed by atoms with Crippen LogP contribution < -0.4 is 4.90 Å². The van der Waals surface area contributed by atoms with Crippen molar-refractivity contribution in [3.05, 3.63) is 180 Å². The molecule has 3 heteroatoms. The lowest BCUT2D eigenvalue weighted by atomic mass is 9.82. The second-order valence-corrected chi connectivity index (χ2v) is 13.4. The molecule has 0 aliphatic heterocycles. The quantitative estimate of drug-likeness (QED) is 0.190. The molecule has 8 aromatic rings. The molecular weight excluding hydrogens is 595 g/mol. The third-order valence-electron chi connectivity index (χ3n) is 10.2.